The van der Waals surface area contributed by atoms with Gasteiger partial charge < -0.3 is 0 Å². The molecule has 0 saturated heterocycles. The van der Waals surface area contributed by atoms with Crippen LogP contribution in [0.4, 0.5) is 0 Å². The minimum atomic E-state index is -0.0413. The SMILES string of the molecule is [Si]CC(Cl)c1ccccc1Cl. The molecule has 0 bridgehead atoms. The molecule has 0 amide bonds. The van der Waals surface area contributed by atoms with E-state index in [0.29, 0.717) is 6.04 Å². The summed E-state index contributed by atoms with van der Waals surface area (Å²) in [5, 5.41) is 0.686. The second-order valence-electron chi connectivity index (χ2n) is 2.19. The minimum absolute atomic E-state index is 0.0413. The van der Waals surface area contributed by atoms with Gasteiger partial charge in [0.05, 0.1) is 5.38 Å². The Morgan fingerprint density at radius 2 is 2.00 bits per heavy atom. The highest BCUT2D eigenvalue weighted by atomic mass is 35.5. The number of benzene rings is 1. The van der Waals surface area contributed by atoms with E-state index in [-0.39, 0.29) is 5.38 Å². The average Bonchev–Trinajstić information content (AvgIpc) is 2.04. The molecule has 0 aliphatic carbocycles. The first-order valence-electron chi connectivity index (χ1n) is 3.29. The highest BCUT2D eigenvalue weighted by Crippen LogP contribution is 2.29. The molecule has 1 aromatic carbocycles. The standard InChI is InChI=1S/C8H7Cl2Si/c9-7-4-2-1-3-6(7)8(10)5-11/h1-4,8H,5H2. The zero-order valence-corrected chi connectivity index (χ0v) is 8.36. The Labute approximate surface area is 79.9 Å². The molecule has 0 aromatic heterocycles. The molecular formula is C8H7Cl2Si. The Balaban J connectivity index is 2.93. The van der Waals surface area contributed by atoms with Crippen molar-refractivity contribution in [2.24, 2.45) is 0 Å². The molecule has 0 spiro atoms. The fourth-order valence-electron chi connectivity index (χ4n) is 0.839. The van der Waals surface area contributed by atoms with Gasteiger partial charge in [0.2, 0.25) is 0 Å². The second kappa shape index (κ2) is 4.15. The zero-order valence-electron chi connectivity index (χ0n) is 5.85. The van der Waals surface area contributed by atoms with Gasteiger partial charge in [0.1, 0.15) is 0 Å². The van der Waals surface area contributed by atoms with Crippen LogP contribution in [0.5, 0.6) is 0 Å². The van der Waals surface area contributed by atoms with Gasteiger partial charge in [0, 0.05) is 15.3 Å². The number of alkyl halides is 1. The zero-order chi connectivity index (χ0) is 8.27. The first-order valence-corrected chi connectivity index (χ1v) is 4.81. The van der Waals surface area contributed by atoms with Crippen LogP contribution >= 0.6 is 23.2 Å². The van der Waals surface area contributed by atoms with Crippen LogP contribution in [0.1, 0.15) is 10.9 Å². The van der Waals surface area contributed by atoms with Crippen LogP contribution in [-0.2, 0) is 0 Å². The molecule has 0 nitrogen and oxygen atoms in total. The number of halogens is 2. The lowest BCUT2D eigenvalue weighted by atomic mass is 10.2. The normalized spacial score (nSPS) is 13.0. The van der Waals surface area contributed by atoms with E-state index >= 15 is 0 Å². The van der Waals surface area contributed by atoms with Gasteiger partial charge in [-0.15, -0.1) is 11.6 Å². The van der Waals surface area contributed by atoms with Crippen LogP contribution in [0.25, 0.3) is 0 Å². The van der Waals surface area contributed by atoms with Crippen molar-refractivity contribution in [2.45, 2.75) is 11.4 Å². The van der Waals surface area contributed by atoms with Gasteiger partial charge in [-0.1, -0.05) is 29.8 Å². The molecule has 0 aliphatic rings. The van der Waals surface area contributed by atoms with Gasteiger partial charge in [-0.25, -0.2) is 0 Å². The monoisotopic (exact) mass is 201 g/mol. The van der Waals surface area contributed by atoms with E-state index in [1.54, 1.807) is 0 Å². The molecular weight excluding hydrogens is 195 g/mol. The van der Waals surface area contributed by atoms with Crippen molar-refractivity contribution in [3.05, 3.63) is 34.9 Å². The quantitative estimate of drug-likeness (QED) is 0.510. The molecule has 3 heteroatoms. The highest BCUT2D eigenvalue weighted by Gasteiger charge is 2.07. The molecule has 3 radical (unpaired) electrons. The fraction of sp³-hybridized carbons (Fsp3) is 0.250. The summed E-state index contributed by atoms with van der Waals surface area (Å²) in [6, 6.07) is 8.31. The molecule has 11 heavy (non-hydrogen) atoms. The number of hydrogen-bond donors (Lipinski definition) is 0. The van der Waals surface area contributed by atoms with Crippen molar-refractivity contribution in [1.29, 1.82) is 0 Å². The van der Waals surface area contributed by atoms with E-state index < -0.39 is 0 Å². The van der Waals surface area contributed by atoms with E-state index in [1.807, 2.05) is 24.3 Å². The Hall–Kier alpha value is 0.0169. The highest BCUT2D eigenvalue weighted by molar-refractivity contribution is 6.33. The lowest BCUT2D eigenvalue weighted by Crippen LogP contribution is -1.89. The maximum atomic E-state index is 5.96. The van der Waals surface area contributed by atoms with Gasteiger partial charge in [-0.05, 0) is 17.7 Å². The molecule has 1 aromatic rings. The van der Waals surface area contributed by atoms with E-state index in [0.717, 1.165) is 10.6 Å². The first kappa shape index (κ1) is 9.11. The summed E-state index contributed by atoms with van der Waals surface area (Å²) in [5.74, 6) is 0. The molecule has 0 saturated carbocycles. The summed E-state index contributed by atoms with van der Waals surface area (Å²) in [4.78, 5) is 0. The van der Waals surface area contributed by atoms with E-state index in [9.17, 15) is 0 Å². The van der Waals surface area contributed by atoms with Crippen molar-refractivity contribution in [1.82, 2.24) is 0 Å². The largest absolute Gasteiger partial charge is 0.118 e. The van der Waals surface area contributed by atoms with Crippen molar-refractivity contribution in [2.75, 3.05) is 0 Å². The smallest absolute Gasteiger partial charge is 0.0570 e. The van der Waals surface area contributed by atoms with Crippen molar-refractivity contribution in [3.63, 3.8) is 0 Å². The molecule has 0 N–H and O–H groups in total. The van der Waals surface area contributed by atoms with E-state index in [4.69, 9.17) is 23.2 Å². The van der Waals surface area contributed by atoms with Crippen molar-refractivity contribution in [3.8, 4) is 0 Å². The number of rotatable bonds is 2. The molecule has 0 aliphatic heterocycles. The van der Waals surface area contributed by atoms with E-state index in [2.05, 4.69) is 10.2 Å². The minimum Gasteiger partial charge on any atom is -0.118 e. The predicted molar refractivity (Wildman–Crippen MR) is 50.6 cm³/mol. The molecule has 1 atom stereocenters. The van der Waals surface area contributed by atoms with Crippen LogP contribution < -0.4 is 0 Å². The van der Waals surface area contributed by atoms with Crippen LogP contribution in [0.2, 0.25) is 11.1 Å². The summed E-state index contributed by atoms with van der Waals surface area (Å²) in [6.45, 7) is 0. The Bertz CT molecular complexity index is 237. The van der Waals surface area contributed by atoms with Crippen LogP contribution in [0, 0.1) is 0 Å². The van der Waals surface area contributed by atoms with Gasteiger partial charge in [-0.2, -0.15) is 0 Å². The summed E-state index contributed by atoms with van der Waals surface area (Å²) < 4.78 is 0. The maximum Gasteiger partial charge on any atom is 0.0570 e. The number of hydrogen-bond acceptors (Lipinski definition) is 0. The summed E-state index contributed by atoms with van der Waals surface area (Å²) >= 11 is 11.9. The molecule has 1 unspecified atom stereocenters. The summed E-state index contributed by atoms with van der Waals surface area (Å²) in [6.07, 6.45) is 0. The van der Waals surface area contributed by atoms with Crippen LogP contribution in [0.3, 0.4) is 0 Å². The van der Waals surface area contributed by atoms with Gasteiger partial charge in [-0.3, -0.25) is 0 Å². The lowest BCUT2D eigenvalue weighted by Gasteiger charge is -2.07. The first-order chi connectivity index (χ1) is 5.25. The second-order valence-corrected chi connectivity index (χ2v) is 3.54. The Morgan fingerprint density at radius 3 is 2.55 bits per heavy atom. The molecule has 0 fully saturated rings. The lowest BCUT2D eigenvalue weighted by molar-refractivity contribution is 1.08. The fourth-order valence-corrected chi connectivity index (χ4v) is 1.57. The predicted octanol–water partition coefficient (Wildman–Crippen LogP) is 3.21. The summed E-state index contributed by atoms with van der Waals surface area (Å²) in [7, 11) is 3.34. The van der Waals surface area contributed by atoms with Crippen molar-refractivity contribution >= 4 is 33.4 Å². The third-order valence-electron chi connectivity index (χ3n) is 1.42. The van der Waals surface area contributed by atoms with E-state index in [1.165, 1.54) is 0 Å². The van der Waals surface area contributed by atoms with Crippen molar-refractivity contribution < 1.29 is 0 Å². The van der Waals surface area contributed by atoms with Crippen LogP contribution in [-0.4, -0.2) is 10.2 Å². The van der Waals surface area contributed by atoms with Gasteiger partial charge in [0.15, 0.2) is 0 Å². The topological polar surface area (TPSA) is 0 Å². The Morgan fingerprint density at radius 1 is 1.36 bits per heavy atom. The average molecular weight is 202 g/mol. The third kappa shape index (κ3) is 2.22. The molecule has 1 rings (SSSR count). The van der Waals surface area contributed by atoms with Gasteiger partial charge in [0.25, 0.3) is 0 Å². The molecule has 57 valence electrons. The molecule has 0 heterocycles. The Kier molecular flexibility index (Phi) is 3.43. The van der Waals surface area contributed by atoms with Gasteiger partial charge >= 0.3 is 0 Å². The third-order valence-corrected chi connectivity index (χ3v) is 2.82. The summed E-state index contributed by atoms with van der Waals surface area (Å²) in [5.41, 5.74) is 0.978. The van der Waals surface area contributed by atoms with Crippen LogP contribution in [0.15, 0.2) is 24.3 Å². The maximum absolute atomic E-state index is 5.96.